The predicted molar refractivity (Wildman–Crippen MR) is 111 cm³/mol. The Hall–Kier alpha value is -3.74. The summed E-state index contributed by atoms with van der Waals surface area (Å²) in [6.07, 6.45) is 0.635. The zero-order valence-electron chi connectivity index (χ0n) is 16.5. The maximum absolute atomic E-state index is 13.0. The molecule has 5 rings (SSSR count). The molecule has 150 valence electrons. The van der Waals surface area contributed by atoms with E-state index in [4.69, 9.17) is 9.26 Å². The summed E-state index contributed by atoms with van der Waals surface area (Å²) in [6.45, 7) is 2.90. The SMILES string of the molecule is Cc1noc(-c2ccccc2OC2CCN(C(=O)c3ccc4ccccc4n3)C2)n1. The fourth-order valence-electron chi connectivity index (χ4n) is 3.69. The van der Waals surface area contributed by atoms with Crippen LogP contribution in [0.15, 0.2) is 65.2 Å². The molecule has 0 N–H and O–H groups in total. The minimum absolute atomic E-state index is 0.0762. The Morgan fingerprint density at radius 2 is 1.90 bits per heavy atom. The summed E-state index contributed by atoms with van der Waals surface area (Å²) >= 11 is 0. The van der Waals surface area contributed by atoms with Crippen molar-refractivity contribution in [3.63, 3.8) is 0 Å². The molecule has 0 saturated carbocycles. The van der Waals surface area contributed by atoms with E-state index in [1.165, 1.54) is 0 Å². The third-order valence-electron chi connectivity index (χ3n) is 5.19. The van der Waals surface area contributed by atoms with Gasteiger partial charge in [-0.1, -0.05) is 41.6 Å². The normalized spacial score (nSPS) is 16.2. The highest BCUT2D eigenvalue weighted by Crippen LogP contribution is 2.30. The number of hydrogen-bond donors (Lipinski definition) is 0. The fourth-order valence-corrected chi connectivity index (χ4v) is 3.69. The van der Waals surface area contributed by atoms with E-state index in [9.17, 15) is 4.79 Å². The molecule has 0 aliphatic carbocycles. The van der Waals surface area contributed by atoms with E-state index in [1.807, 2.05) is 54.6 Å². The zero-order valence-corrected chi connectivity index (χ0v) is 16.5. The number of carbonyl (C=O) groups excluding carboxylic acids is 1. The van der Waals surface area contributed by atoms with Gasteiger partial charge in [-0.3, -0.25) is 4.79 Å². The van der Waals surface area contributed by atoms with Crippen LogP contribution in [0.2, 0.25) is 0 Å². The number of carbonyl (C=O) groups is 1. The number of pyridine rings is 1. The van der Waals surface area contributed by atoms with Crippen LogP contribution < -0.4 is 4.74 Å². The maximum atomic E-state index is 13.0. The van der Waals surface area contributed by atoms with Crippen LogP contribution >= 0.6 is 0 Å². The van der Waals surface area contributed by atoms with Crippen LogP contribution in [0.25, 0.3) is 22.4 Å². The number of hydrogen-bond acceptors (Lipinski definition) is 6. The van der Waals surface area contributed by atoms with Gasteiger partial charge in [0.25, 0.3) is 11.8 Å². The van der Waals surface area contributed by atoms with E-state index in [1.54, 1.807) is 17.9 Å². The van der Waals surface area contributed by atoms with Crippen molar-refractivity contribution in [2.24, 2.45) is 0 Å². The first-order valence-corrected chi connectivity index (χ1v) is 9.89. The minimum atomic E-state index is -0.112. The Labute approximate surface area is 173 Å². The molecule has 0 spiro atoms. The van der Waals surface area contributed by atoms with Gasteiger partial charge in [-0.25, -0.2) is 4.98 Å². The summed E-state index contributed by atoms with van der Waals surface area (Å²) in [5, 5.41) is 4.87. The van der Waals surface area contributed by atoms with Crippen LogP contribution in [0.4, 0.5) is 0 Å². The van der Waals surface area contributed by atoms with Crippen LogP contribution in [0.3, 0.4) is 0 Å². The van der Waals surface area contributed by atoms with Gasteiger partial charge in [-0.05, 0) is 31.2 Å². The second kappa shape index (κ2) is 7.59. The Bertz CT molecular complexity index is 1220. The molecular formula is C23H20N4O3. The number of fused-ring (bicyclic) bond motifs is 1. The topological polar surface area (TPSA) is 81.4 Å². The molecule has 1 unspecified atom stereocenters. The summed E-state index contributed by atoms with van der Waals surface area (Å²) in [7, 11) is 0. The van der Waals surface area contributed by atoms with Gasteiger partial charge in [0.2, 0.25) is 0 Å². The predicted octanol–water partition coefficient (Wildman–Crippen LogP) is 3.89. The van der Waals surface area contributed by atoms with Gasteiger partial charge in [0.15, 0.2) is 5.82 Å². The number of nitrogens with zero attached hydrogens (tertiary/aromatic N) is 4. The van der Waals surface area contributed by atoms with Crippen LogP contribution in [-0.2, 0) is 0 Å². The van der Waals surface area contributed by atoms with Crippen molar-refractivity contribution in [1.29, 1.82) is 0 Å². The number of ether oxygens (including phenoxy) is 1. The lowest BCUT2D eigenvalue weighted by atomic mass is 10.2. The molecule has 7 nitrogen and oxygen atoms in total. The average Bonchev–Trinajstić information content (AvgIpc) is 3.42. The number of likely N-dealkylation sites (tertiary alicyclic amines) is 1. The number of para-hydroxylation sites is 2. The van der Waals surface area contributed by atoms with E-state index in [-0.39, 0.29) is 12.0 Å². The molecule has 4 aromatic rings. The molecule has 0 radical (unpaired) electrons. The van der Waals surface area contributed by atoms with Crippen molar-refractivity contribution in [2.45, 2.75) is 19.4 Å². The van der Waals surface area contributed by atoms with Gasteiger partial charge in [-0.15, -0.1) is 0 Å². The molecule has 1 aliphatic heterocycles. The van der Waals surface area contributed by atoms with Crippen molar-refractivity contribution >= 4 is 16.8 Å². The van der Waals surface area contributed by atoms with Gasteiger partial charge in [0.1, 0.15) is 17.5 Å². The lowest BCUT2D eigenvalue weighted by Crippen LogP contribution is -2.31. The summed E-state index contributed by atoms with van der Waals surface area (Å²) in [5.41, 5.74) is 2.02. The van der Waals surface area contributed by atoms with Crippen LogP contribution in [0.5, 0.6) is 5.75 Å². The van der Waals surface area contributed by atoms with Crippen LogP contribution in [-0.4, -0.2) is 45.1 Å². The summed E-state index contributed by atoms with van der Waals surface area (Å²) in [6, 6.07) is 19.1. The number of aromatic nitrogens is 3. The molecular weight excluding hydrogens is 380 g/mol. The average molecular weight is 400 g/mol. The second-order valence-electron chi connectivity index (χ2n) is 7.31. The number of aryl methyl sites for hydroxylation is 1. The van der Waals surface area contributed by atoms with Crippen molar-refractivity contribution in [3.8, 4) is 17.2 Å². The molecule has 3 heterocycles. The highest BCUT2D eigenvalue weighted by Gasteiger charge is 2.29. The number of rotatable bonds is 4. The maximum Gasteiger partial charge on any atom is 0.272 e. The summed E-state index contributed by atoms with van der Waals surface area (Å²) < 4.78 is 11.5. The molecule has 1 fully saturated rings. The van der Waals surface area contributed by atoms with E-state index in [0.29, 0.717) is 36.2 Å². The highest BCUT2D eigenvalue weighted by atomic mass is 16.5. The number of amides is 1. The van der Waals surface area contributed by atoms with Gasteiger partial charge >= 0.3 is 0 Å². The smallest absolute Gasteiger partial charge is 0.272 e. The van der Waals surface area contributed by atoms with Crippen molar-refractivity contribution in [2.75, 3.05) is 13.1 Å². The van der Waals surface area contributed by atoms with Gasteiger partial charge < -0.3 is 14.2 Å². The lowest BCUT2D eigenvalue weighted by Gasteiger charge is -2.18. The first-order valence-electron chi connectivity index (χ1n) is 9.89. The largest absolute Gasteiger partial charge is 0.488 e. The van der Waals surface area contributed by atoms with E-state index >= 15 is 0 Å². The standard InChI is InChI=1S/C23H20N4O3/c1-15-24-22(30-26-15)18-7-3-5-9-21(18)29-17-12-13-27(14-17)23(28)20-11-10-16-6-2-4-8-19(16)25-20/h2-11,17H,12-14H2,1H3. The van der Waals surface area contributed by atoms with Crippen LogP contribution in [0, 0.1) is 6.92 Å². The van der Waals surface area contributed by atoms with E-state index in [2.05, 4.69) is 15.1 Å². The quantitative estimate of drug-likeness (QED) is 0.517. The molecule has 2 aromatic carbocycles. The van der Waals surface area contributed by atoms with E-state index in [0.717, 1.165) is 22.9 Å². The molecule has 2 aromatic heterocycles. The minimum Gasteiger partial charge on any atom is -0.488 e. The molecule has 7 heteroatoms. The lowest BCUT2D eigenvalue weighted by molar-refractivity contribution is 0.0767. The first-order chi connectivity index (χ1) is 14.7. The van der Waals surface area contributed by atoms with Crippen LogP contribution in [0.1, 0.15) is 22.7 Å². The molecule has 1 saturated heterocycles. The molecule has 0 bridgehead atoms. The second-order valence-corrected chi connectivity index (χ2v) is 7.31. The molecule has 1 atom stereocenters. The monoisotopic (exact) mass is 400 g/mol. The highest BCUT2D eigenvalue weighted by molar-refractivity contribution is 5.95. The first kappa shape index (κ1) is 18.3. The summed E-state index contributed by atoms with van der Waals surface area (Å²) in [4.78, 5) is 23.6. The van der Waals surface area contributed by atoms with Gasteiger partial charge in [-0.2, -0.15) is 4.98 Å². The third-order valence-corrected chi connectivity index (χ3v) is 5.19. The Kier molecular flexibility index (Phi) is 4.63. The van der Waals surface area contributed by atoms with Gasteiger partial charge in [0, 0.05) is 18.4 Å². The Morgan fingerprint density at radius 1 is 1.07 bits per heavy atom. The zero-order chi connectivity index (χ0) is 20.5. The third kappa shape index (κ3) is 3.50. The van der Waals surface area contributed by atoms with Crippen molar-refractivity contribution in [1.82, 2.24) is 20.0 Å². The molecule has 30 heavy (non-hydrogen) atoms. The Morgan fingerprint density at radius 3 is 2.77 bits per heavy atom. The number of benzene rings is 2. The summed E-state index contributed by atoms with van der Waals surface area (Å²) in [5.74, 6) is 1.59. The van der Waals surface area contributed by atoms with Crippen molar-refractivity contribution in [3.05, 3.63) is 72.2 Å². The molecule has 1 amide bonds. The van der Waals surface area contributed by atoms with Crippen molar-refractivity contribution < 1.29 is 14.1 Å². The van der Waals surface area contributed by atoms with E-state index < -0.39 is 0 Å². The fraction of sp³-hybridized carbons (Fsp3) is 0.217. The molecule has 1 aliphatic rings. The van der Waals surface area contributed by atoms with Gasteiger partial charge in [0.05, 0.1) is 17.6 Å². The Balaban J connectivity index is 1.31.